The fourth-order valence-corrected chi connectivity index (χ4v) is 2.45. The molecule has 0 saturated heterocycles. The van der Waals surface area contributed by atoms with E-state index >= 15 is 0 Å². The number of hydrogen-bond acceptors (Lipinski definition) is 2. The molecule has 112 valence electrons. The molecule has 2 aromatic rings. The van der Waals surface area contributed by atoms with Crippen LogP contribution in [0.2, 0.25) is 0 Å². The van der Waals surface area contributed by atoms with E-state index in [1.54, 1.807) is 0 Å². The highest BCUT2D eigenvalue weighted by molar-refractivity contribution is 5.63. The number of aryl methyl sites for hydroxylation is 2. The predicted molar refractivity (Wildman–Crippen MR) is 92.4 cm³/mol. The Morgan fingerprint density at radius 1 is 0.952 bits per heavy atom. The predicted octanol–water partition coefficient (Wildman–Crippen LogP) is 4.43. The summed E-state index contributed by atoms with van der Waals surface area (Å²) in [5.74, 6) is 0. The van der Waals surface area contributed by atoms with Crippen molar-refractivity contribution in [3.63, 3.8) is 0 Å². The van der Waals surface area contributed by atoms with Gasteiger partial charge in [-0.3, -0.25) is 0 Å². The van der Waals surface area contributed by atoms with E-state index in [9.17, 15) is 0 Å². The highest BCUT2D eigenvalue weighted by Gasteiger charge is 2.06. The van der Waals surface area contributed by atoms with Gasteiger partial charge in [-0.1, -0.05) is 32.0 Å². The summed E-state index contributed by atoms with van der Waals surface area (Å²) in [4.78, 5) is 2.24. The lowest BCUT2D eigenvalue weighted by Gasteiger charge is -2.21. The second kappa shape index (κ2) is 7.28. The van der Waals surface area contributed by atoms with E-state index in [-0.39, 0.29) is 0 Å². The van der Waals surface area contributed by atoms with Gasteiger partial charge in [0, 0.05) is 25.0 Å². The molecule has 0 bridgehead atoms. The number of anilines is 2. The fourth-order valence-electron chi connectivity index (χ4n) is 2.45. The lowest BCUT2D eigenvalue weighted by atomic mass is 10.1. The van der Waals surface area contributed by atoms with E-state index < -0.39 is 0 Å². The lowest BCUT2D eigenvalue weighted by molar-refractivity contribution is 0.723. The van der Waals surface area contributed by atoms with Crippen LogP contribution in [-0.2, 0) is 13.0 Å². The first kappa shape index (κ1) is 15.6. The largest absolute Gasteiger partial charge is 0.345 e. The minimum atomic E-state index is 0.942. The number of rotatable bonds is 6. The van der Waals surface area contributed by atoms with Gasteiger partial charge in [-0.2, -0.15) is 0 Å². The SMILES string of the molecule is CCNCc1ccc(N(C)c2ccc(CC)cc2)cc1C. The Morgan fingerprint density at radius 3 is 2.19 bits per heavy atom. The first-order valence-corrected chi connectivity index (χ1v) is 7.78. The summed E-state index contributed by atoms with van der Waals surface area (Å²) in [5, 5.41) is 3.38. The van der Waals surface area contributed by atoms with E-state index in [0.717, 1.165) is 19.5 Å². The van der Waals surface area contributed by atoms with Crippen LogP contribution in [0.5, 0.6) is 0 Å². The Hall–Kier alpha value is -1.80. The van der Waals surface area contributed by atoms with Crippen LogP contribution < -0.4 is 10.2 Å². The van der Waals surface area contributed by atoms with Crippen LogP contribution in [0, 0.1) is 6.92 Å². The van der Waals surface area contributed by atoms with Crippen molar-refractivity contribution in [3.8, 4) is 0 Å². The highest BCUT2D eigenvalue weighted by Crippen LogP contribution is 2.26. The van der Waals surface area contributed by atoms with Crippen molar-refractivity contribution >= 4 is 11.4 Å². The van der Waals surface area contributed by atoms with Crippen LogP contribution in [0.4, 0.5) is 11.4 Å². The van der Waals surface area contributed by atoms with Crippen molar-refractivity contribution in [1.82, 2.24) is 5.32 Å². The van der Waals surface area contributed by atoms with Gasteiger partial charge in [0.15, 0.2) is 0 Å². The number of hydrogen-bond donors (Lipinski definition) is 1. The summed E-state index contributed by atoms with van der Waals surface area (Å²) in [6.45, 7) is 8.45. The zero-order chi connectivity index (χ0) is 15.2. The smallest absolute Gasteiger partial charge is 0.0410 e. The topological polar surface area (TPSA) is 15.3 Å². The zero-order valence-electron chi connectivity index (χ0n) is 13.6. The highest BCUT2D eigenvalue weighted by atomic mass is 15.1. The van der Waals surface area contributed by atoms with Crippen LogP contribution in [-0.4, -0.2) is 13.6 Å². The fraction of sp³-hybridized carbons (Fsp3) is 0.368. The van der Waals surface area contributed by atoms with Crippen molar-refractivity contribution in [1.29, 1.82) is 0 Å². The Balaban J connectivity index is 2.18. The Kier molecular flexibility index (Phi) is 5.40. The van der Waals surface area contributed by atoms with Crippen LogP contribution in [0.25, 0.3) is 0 Å². The van der Waals surface area contributed by atoms with E-state index in [2.05, 4.69) is 80.5 Å². The van der Waals surface area contributed by atoms with Crippen LogP contribution in [0.3, 0.4) is 0 Å². The average molecular weight is 282 g/mol. The molecule has 0 aliphatic rings. The van der Waals surface area contributed by atoms with Crippen LogP contribution in [0.15, 0.2) is 42.5 Å². The molecule has 1 N–H and O–H groups in total. The van der Waals surface area contributed by atoms with Gasteiger partial charge in [0.25, 0.3) is 0 Å². The average Bonchev–Trinajstić information content (AvgIpc) is 2.53. The monoisotopic (exact) mass is 282 g/mol. The standard InChI is InChI=1S/C19H26N2/c1-5-16-7-10-18(11-8-16)21(4)19-12-9-17(14-20-6-2)15(3)13-19/h7-13,20H,5-6,14H2,1-4H3. The molecule has 2 rings (SSSR count). The minimum absolute atomic E-state index is 0.942. The van der Waals surface area contributed by atoms with Crippen LogP contribution in [0.1, 0.15) is 30.5 Å². The maximum absolute atomic E-state index is 3.38. The molecule has 2 heteroatoms. The Labute approximate surface area is 128 Å². The zero-order valence-corrected chi connectivity index (χ0v) is 13.6. The van der Waals surface area contributed by atoms with Crippen molar-refractivity contribution < 1.29 is 0 Å². The van der Waals surface area contributed by atoms with Gasteiger partial charge in [-0.25, -0.2) is 0 Å². The molecular formula is C19H26N2. The minimum Gasteiger partial charge on any atom is -0.345 e. The Morgan fingerprint density at radius 2 is 1.62 bits per heavy atom. The molecule has 21 heavy (non-hydrogen) atoms. The molecule has 0 aromatic heterocycles. The summed E-state index contributed by atoms with van der Waals surface area (Å²) in [7, 11) is 2.12. The maximum Gasteiger partial charge on any atom is 0.0410 e. The molecule has 0 saturated carbocycles. The first-order valence-electron chi connectivity index (χ1n) is 7.78. The number of benzene rings is 2. The van der Waals surface area contributed by atoms with Gasteiger partial charge in [-0.15, -0.1) is 0 Å². The molecule has 2 nitrogen and oxygen atoms in total. The normalized spacial score (nSPS) is 10.7. The molecule has 0 spiro atoms. The second-order valence-corrected chi connectivity index (χ2v) is 5.47. The molecule has 0 unspecified atom stereocenters. The molecule has 0 radical (unpaired) electrons. The van der Waals surface area contributed by atoms with E-state index in [0.29, 0.717) is 0 Å². The van der Waals surface area contributed by atoms with Gasteiger partial charge < -0.3 is 10.2 Å². The number of nitrogens with one attached hydrogen (secondary N) is 1. The van der Waals surface area contributed by atoms with Crippen molar-refractivity contribution in [3.05, 3.63) is 59.2 Å². The molecule has 2 aromatic carbocycles. The summed E-state index contributed by atoms with van der Waals surface area (Å²) in [5.41, 5.74) is 6.55. The van der Waals surface area contributed by atoms with Crippen LogP contribution >= 0.6 is 0 Å². The summed E-state index contributed by atoms with van der Waals surface area (Å²) in [6, 6.07) is 15.5. The van der Waals surface area contributed by atoms with Gasteiger partial charge >= 0.3 is 0 Å². The van der Waals surface area contributed by atoms with Crippen molar-refractivity contribution in [2.24, 2.45) is 0 Å². The first-order chi connectivity index (χ1) is 10.2. The summed E-state index contributed by atoms with van der Waals surface area (Å²) >= 11 is 0. The second-order valence-electron chi connectivity index (χ2n) is 5.47. The molecule has 0 aliphatic heterocycles. The molecule has 0 amide bonds. The lowest BCUT2D eigenvalue weighted by Crippen LogP contribution is -2.14. The van der Waals surface area contributed by atoms with Crippen molar-refractivity contribution in [2.45, 2.75) is 33.7 Å². The molecule has 0 atom stereocenters. The molecular weight excluding hydrogens is 256 g/mol. The van der Waals surface area contributed by atoms with Crippen molar-refractivity contribution in [2.75, 3.05) is 18.5 Å². The molecule has 0 aliphatic carbocycles. The third kappa shape index (κ3) is 3.85. The van der Waals surface area contributed by atoms with Gasteiger partial charge in [0.1, 0.15) is 0 Å². The van der Waals surface area contributed by atoms with E-state index in [4.69, 9.17) is 0 Å². The Bertz CT molecular complexity index is 573. The van der Waals surface area contributed by atoms with Gasteiger partial charge in [-0.05, 0) is 60.8 Å². The van der Waals surface area contributed by atoms with Gasteiger partial charge in [0.05, 0.1) is 0 Å². The number of nitrogens with zero attached hydrogens (tertiary/aromatic N) is 1. The van der Waals surface area contributed by atoms with E-state index in [1.165, 1.54) is 28.1 Å². The van der Waals surface area contributed by atoms with Gasteiger partial charge in [0.2, 0.25) is 0 Å². The third-order valence-corrected chi connectivity index (χ3v) is 4.01. The quantitative estimate of drug-likeness (QED) is 0.843. The summed E-state index contributed by atoms with van der Waals surface area (Å²) in [6.07, 6.45) is 1.09. The maximum atomic E-state index is 3.38. The molecule has 0 fully saturated rings. The molecule has 0 heterocycles. The third-order valence-electron chi connectivity index (χ3n) is 4.01. The van der Waals surface area contributed by atoms with E-state index in [1.807, 2.05) is 0 Å². The summed E-state index contributed by atoms with van der Waals surface area (Å²) < 4.78 is 0.